The van der Waals surface area contributed by atoms with Crippen LogP contribution in [0.1, 0.15) is 25.0 Å². The van der Waals surface area contributed by atoms with Crippen molar-refractivity contribution in [1.82, 2.24) is 9.97 Å². The third-order valence-electron chi connectivity index (χ3n) is 4.61. The van der Waals surface area contributed by atoms with Gasteiger partial charge in [0.15, 0.2) is 5.82 Å². The first kappa shape index (κ1) is 19.1. The van der Waals surface area contributed by atoms with E-state index < -0.39 is 0 Å². The Hall–Kier alpha value is -3.23. The smallest absolute Gasteiger partial charge is 0.160 e. The molecule has 0 saturated heterocycles. The van der Waals surface area contributed by atoms with Gasteiger partial charge in [0, 0.05) is 17.5 Å². The van der Waals surface area contributed by atoms with Crippen molar-refractivity contribution < 1.29 is 14.8 Å². The van der Waals surface area contributed by atoms with Crippen LogP contribution in [0.3, 0.4) is 0 Å². The standard InChI is InChI=1S/C21H23N5O3/c1-14(2)11-25(21-17-5-4-6-19(28-3)20(17)22-13-23-21)24-10-15-7-8-18-16(9-15)12-29-26(18)27/h4-10,13-14,27H,11-12H2,1-3H3/b24-10+. The molecule has 8 nitrogen and oxygen atoms in total. The van der Waals surface area contributed by atoms with E-state index in [1.165, 1.54) is 6.33 Å². The number of nitrogens with zero attached hydrogens (tertiary/aromatic N) is 5. The maximum Gasteiger partial charge on any atom is 0.160 e. The normalized spacial score (nSPS) is 13.5. The molecular formula is C21H23N5O3. The van der Waals surface area contributed by atoms with Crippen molar-refractivity contribution in [1.29, 1.82) is 0 Å². The molecule has 29 heavy (non-hydrogen) atoms. The van der Waals surface area contributed by atoms with Crippen molar-refractivity contribution >= 4 is 28.6 Å². The van der Waals surface area contributed by atoms with Crippen LogP contribution in [0.25, 0.3) is 10.9 Å². The van der Waals surface area contributed by atoms with Crippen LogP contribution >= 0.6 is 0 Å². The number of fused-ring (bicyclic) bond motifs is 2. The molecule has 0 radical (unpaired) electrons. The predicted molar refractivity (Wildman–Crippen MR) is 111 cm³/mol. The average Bonchev–Trinajstić information content (AvgIpc) is 3.10. The minimum atomic E-state index is 0.333. The van der Waals surface area contributed by atoms with Gasteiger partial charge in [-0.2, -0.15) is 5.10 Å². The highest BCUT2D eigenvalue weighted by molar-refractivity contribution is 5.93. The number of hydrogen-bond donors (Lipinski definition) is 1. The fourth-order valence-corrected chi connectivity index (χ4v) is 3.28. The summed E-state index contributed by atoms with van der Waals surface area (Å²) in [6, 6.07) is 11.4. The van der Waals surface area contributed by atoms with Crippen LogP contribution in [-0.4, -0.2) is 35.0 Å². The number of hydrazone groups is 1. The number of benzene rings is 2. The van der Waals surface area contributed by atoms with Crippen molar-refractivity contribution in [2.24, 2.45) is 11.0 Å². The van der Waals surface area contributed by atoms with Crippen molar-refractivity contribution in [3.05, 3.63) is 53.9 Å². The molecule has 150 valence electrons. The van der Waals surface area contributed by atoms with E-state index in [4.69, 9.17) is 14.7 Å². The van der Waals surface area contributed by atoms with E-state index in [1.54, 1.807) is 19.4 Å². The summed E-state index contributed by atoms with van der Waals surface area (Å²) in [5.41, 5.74) is 3.22. The first-order chi connectivity index (χ1) is 14.1. The van der Waals surface area contributed by atoms with Gasteiger partial charge in [-0.15, -0.1) is 5.23 Å². The summed E-state index contributed by atoms with van der Waals surface area (Å²) in [6.07, 6.45) is 3.32. The summed E-state index contributed by atoms with van der Waals surface area (Å²) < 4.78 is 5.44. The van der Waals surface area contributed by atoms with Gasteiger partial charge in [-0.05, 0) is 35.7 Å². The summed E-state index contributed by atoms with van der Waals surface area (Å²) in [4.78, 5) is 14.0. The predicted octanol–water partition coefficient (Wildman–Crippen LogP) is 3.78. The van der Waals surface area contributed by atoms with Gasteiger partial charge in [0.2, 0.25) is 0 Å². The molecule has 0 aliphatic carbocycles. The van der Waals surface area contributed by atoms with E-state index in [1.807, 2.05) is 35.3 Å². The number of aromatic nitrogens is 2. The number of anilines is 2. The molecule has 1 N–H and O–H groups in total. The van der Waals surface area contributed by atoms with E-state index in [-0.39, 0.29) is 0 Å². The molecule has 1 aromatic heterocycles. The van der Waals surface area contributed by atoms with Crippen LogP contribution < -0.4 is 15.0 Å². The van der Waals surface area contributed by atoms with E-state index in [9.17, 15) is 5.21 Å². The molecule has 0 atom stereocenters. The number of ether oxygens (including phenoxy) is 1. The van der Waals surface area contributed by atoms with Gasteiger partial charge in [-0.25, -0.2) is 19.8 Å². The molecule has 0 unspecified atom stereocenters. The fourth-order valence-electron chi connectivity index (χ4n) is 3.28. The van der Waals surface area contributed by atoms with Gasteiger partial charge >= 0.3 is 0 Å². The van der Waals surface area contributed by atoms with E-state index in [0.29, 0.717) is 30.5 Å². The van der Waals surface area contributed by atoms with Gasteiger partial charge in [0.25, 0.3) is 0 Å². The van der Waals surface area contributed by atoms with Crippen LogP contribution in [0.2, 0.25) is 0 Å². The Bertz CT molecular complexity index is 1050. The zero-order chi connectivity index (χ0) is 20.4. The topological polar surface area (TPSA) is 83.3 Å². The molecule has 0 fully saturated rings. The van der Waals surface area contributed by atoms with Gasteiger partial charge in [-0.3, -0.25) is 5.21 Å². The van der Waals surface area contributed by atoms with E-state index in [0.717, 1.165) is 33.1 Å². The Balaban J connectivity index is 1.71. The van der Waals surface area contributed by atoms with Gasteiger partial charge in [0.05, 0.1) is 13.3 Å². The molecule has 2 heterocycles. The molecule has 3 aromatic rings. The molecule has 0 saturated carbocycles. The largest absolute Gasteiger partial charge is 0.494 e. The third-order valence-corrected chi connectivity index (χ3v) is 4.61. The van der Waals surface area contributed by atoms with Crippen molar-refractivity contribution in [2.75, 3.05) is 23.9 Å². The Morgan fingerprint density at radius 3 is 2.97 bits per heavy atom. The van der Waals surface area contributed by atoms with Crippen molar-refractivity contribution in [2.45, 2.75) is 20.5 Å². The number of rotatable bonds is 6. The fraction of sp³-hybridized carbons (Fsp3) is 0.286. The lowest BCUT2D eigenvalue weighted by Gasteiger charge is -2.21. The number of hydrogen-bond acceptors (Lipinski definition) is 8. The Morgan fingerprint density at radius 2 is 2.17 bits per heavy atom. The minimum Gasteiger partial charge on any atom is -0.494 e. The van der Waals surface area contributed by atoms with Gasteiger partial charge in [0.1, 0.15) is 29.9 Å². The molecule has 1 aliphatic heterocycles. The highest BCUT2D eigenvalue weighted by Gasteiger charge is 2.19. The van der Waals surface area contributed by atoms with Crippen LogP contribution in [-0.2, 0) is 11.4 Å². The monoisotopic (exact) mass is 393 g/mol. The lowest BCUT2D eigenvalue weighted by molar-refractivity contribution is -0.0329. The summed E-state index contributed by atoms with van der Waals surface area (Å²) in [5, 5.41) is 17.9. The second-order valence-corrected chi connectivity index (χ2v) is 7.21. The molecular weight excluding hydrogens is 370 g/mol. The second-order valence-electron chi connectivity index (χ2n) is 7.21. The highest BCUT2D eigenvalue weighted by Crippen LogP contribution is 2.30. The molecule has 4 rings (SSSR count). The molecule has 1 aliphatic rings. The first-order valence-corrected chi connectivity index (χ1v) is 9.41. The van der Waals surface area contributed by atoms with E-state index in [2.05, 4.69) is 23.8 Å². The highest BCUT2D eigenvalue weighted by atomic mass is 16.9. The maximum absolute atomic E-state index is 9.63. The SMILES string of the molecule is COc1cccc2c(N(CC(C)C)/N=C/c3ccc4c(c3)CON4O)ncnc12. The molecule has 8 heteroatoms. The van der Waals surface area contributed by atoms with Crippen molar-refractivity contribution in [3.63, 3.8) is 0 Å². The summed E-state index contributed by atoms with van der Waals surface area (Å²) in [7, 11) is 1.63. The maximum atomic E-state index is 9.63. The van der Waals surface area contributed by atoms with Crippen LogP contribution in [0.5, 0.6) is 5.75 Å². The minimum absolute atomic E-state index is 0.333. The first-order valence-electron chi connectivity index (χ1n) is 9.41. The quantitative estimate of drug-likeness (QED) is 0.504. The summed E-state index contributed by atoms with van der Waals surface area (Å²) >= 11 is 0. The zero-order valence-electron chi connectivity index (χ0n) is 16.6. The lowest BCUT2D eigenvalue weighted by Crippen LogP contribution is -2.23. The summed E-state index contributed by atoms with van der Waals surface area (Å²) in [6.45, 7) is 5.29. The Kier molecular flexibility index (Phi) is 5.28. The van der Waals surface area contributed by atoms with E-state index >= 15 is 0 Å². The molecule has 2 aromatic carbocycles. The van der Waals surface area contributed by atoms with Crippen LogP contribution in [0.15, 0.2) is 47.8 Å². The molecule has 0 bridgehead atoms. The Labute approximate surface area is 168 Å². The van der Waals surface area contributed by atoms with Crippen molar-refractivity contribution in [3.8, 4) is 5.75 Å². The molecule has 0 spiro atoms. The van der Waals surface area contributed by atoms with Gasteiger partial charge < -0.3 is 4.74 Å². The molecule has 0 amide bonds. The number of methoxy groups -OCH3 is 1. The zero-order valence-corrected chi connectivity index (χ0v) is 16.6. The van der Waals surface area contributed by atoms with Gasteiger partial charge in [-0.1, -0.05) is 26.0 Å². The number of para-hydroxylation sites is 1. The third kappa shape index (κ3) is 3.85. The second kappa shape index (κ2) is 8.02. The summed E-state index contributed by atoms with van der Waals surface area (Å²) in [5.74, 6) is 1.80. The van der Waals surface area contributed by atoms with Crippen LogP contribution in [0.4, 0.5) is 11.5 Å². The lowest BCUT2D eigenvalue weighted by atomic mass is 10.1. The Morgan fingerprint density at radius 1 is 1.31 bits per heavy atom. The van der Waals surface area contributed by atoms with Crippen LogP contribution in [0, 0.1) is 5.92 Å². The average molecular weight is 393 g/mol.